The summed E-state index contributed by atoms with van der Waals surface area (Å²) >= 11 is 13.2. The number of benzene rings is 2. The summed E-state index contributed by atoms with van der Waals surface area (Å²) in [4.78, 5) is 11.1. The third kappa shape index (κ3) is 5.12. The summed E-state index contributed by atoms with van der Waals surface area (Å²) in [5.41, 5.74) is 2.77. The van der Waals surface area contributed by atoms with Crippen molar-refractivity contribution in [2.45, 2.75) is 6.92 Å². The van der Waals surface area contributed by atoms with E-state index in [0.29, 0.717) is 38.6 Å². The molecule has 13 heteroatoms. The van der Waals surface area contributed by atoms with Gasteiger partial charge in [0.05, 0.1) is 52.5 Å². The molecule has 0 radical (unpaired) electrons. The molecule has 1 fully saturated rings. The van der Waals surface area contributed by atoms with Crippen molar-refractivity contribution in [3.63, 3.8) is 0 Å². The molecule has 0 unspecified atom stereocenters. The lowest BCUT2D eigenvalue weighted by molar-refractivity contribution is 0.333. The predicted octanol–water partition coefficient (Wildman–Crippen LogP) is 4.70. The molecular weight excluding hydrogens is 551 g/mol. The highest BCUT2D eigenvalue weighted by molar-refractivity contribution is 7.85. The molecule has 2 aromatic carbocycles. The molecule has 200 valence electrons. The number of ether oxygens (including phenoxy) is 1. The number of aromatic nitrogens is 3. The molecule has 1 aliphatic heterocycles. The van der Waals surface area contributed by atoms with E-state index < -0.39 is 10.3 Å². The van der Waals surface area contributed by atoms with Gasteiger partial charge in [-0.1, -0.05) is 41.4 Å². The summed E-state index contributed by atoms with van der Waals surface area (Å²) in [6, 6.07) is 10.7. The highest BCUT2D eigenvalue weighted by Crippen LogP contribution is 2.39. The van der Waals surface area contributed by atoms with Crippen LogP contribution in [0.15, 0.2) is 48.8 Å². The van der Waals surface area contributed by atoms with E-state index in [4.69, 9.17) is 32.1 Å². The van der Waals surface area contributed by atoms with E-state index in [2.05, 4.69) is 25.5 Å². The number of rotatable bonds is 8. The summed E-state index contributed by atoms with van der Waals surface area (Å²) in [7, 11) is -2.47. The first-order valence-electron chi connectivity index (χ1n) is 12.0. The SMILES string of the molecule is CCOS(=O)(=O)n1cc(-c2nc(Nc3cc(Cl)c(N4CCNCC4)cc3OC)ncc2Cl)c2ccccc21. The highest BCUT2D eigenvalue weighted by Gasteiger charge is 2.23. The molecule has 2 N–H and O–H groups in total. The van der Waals surface area contributed by atoms with E-state index in [-0.39, 0.29) is 17.6 Å². The molecule has 0 spiro atoms. The second-order valence-corrected chi connectivity index (χ2v) is 10.8. The summed E-state index contributed by atoms with van der Waals surface area (Å²) in [6.45, 7) is 5.05. The van der Waals surface area contributed by atoms with Gasteiger partial charge in [-0.15, -0.1) is 0 Å². The van der Waals surface area contributed by atoms with Gasteiger partial charge < -0.3 is 20.3 Å². The van der Waals surface area contributed by atoms with Crippen LogP contribution in [-0.2, 0) is 14.5 Å². The van der Waals surface area contributed by atoms with E-state index >= 15 is 0 Å². The zero-order chi connectivity index (χ0) is 26.9. The van der Waals surface area contributed by atoms with Crippen LogP contribution in [0, 0.1) is 0 Å². The van der Waals surface area contributed by atoms with Gasteiger partial charge in [-0.2, -0.15) is 8.42 Å². The van der Waals surface area contributed by atoms with E-state index in [1.165, 1.54) is 12.4 Å². The van der Waals surface area contributed by atoms with Gasteiger partial charge in [0.25, 0.3) is 0 Å². The Morgan fingerprint density at radius 2 is 1.89 bits per heavy atom. The normalized spacial score (nSPS) is 14.2. The minimum atomic E-state index is -4.05. The molecule has 0 saturated carbocycles. The first-order valence-corrected chi connectivity index (χ1v) is 14.1. The average Bonchev–Trinajstić information content (AvgIpc) is 3.31. The Kier molecular flexibility index (Phi) is 7.64. The number of hydrogen-bond donors (Lipinski definition) is 2. The molecule has 4 aromatic rings. The van der Waals surface area contributed by atoms with Gasteiger partial charge in [-0.25, -0.2) is 13.9 Å². The number of hydrogen-bond acceptors (Lipinski definition) is 9. The molecule has 38 heavy (non-hydrogen) atoms. The molecular formula is C25H26Cl2N6O4S. The van der Waals surface area contributed by atoms with Crippen LogP contribution in [0.25, 0.3) is 22.2 Å². The number of fused-ring (bicyclic) bond motifs is 1. The summed E-state index contributed by atoms with van der Waals surface area (Å²) in [6.07, 6.45) is 2.91. The molecule has 1 saturated heterocycles. The van der Waals surface area contributed by atoms with E-state index in [0.717, 1.165) is 35.8 Å². The van der Waals surface area contributed by atoms with Crippen molar-refractivity contribution >= 4 is 61.7 Å². The maximum atomic E-state index is 12.8. The van der Waals surface area contributed by atoms with Gasteiger partial charge in [-0.05, 0) is 19.1 Å². The van der Waals surface area contributed by atoms with E-state index in [1.54, 1.807) is 38.3 Å². The van der Waals surface area contributed by atoms with Crippen molar-refractivity contribution in [1.29, 1.82) is 0 Å². The standard InChI is InChI=1S/C25H26Cl2N6O4S/c1-3-37-38(34,35)33-15-17(16-6-4-5-7-21(16)33)24-19(27)14-29-25(31-24)30-20-12-18(26)22(13-23(20)36-2)32-10-8-28-9-11-32/h4-7,12-15,28H,3,8-11H2,1-2H3,(H,29,30,31). The minimum Gasteiger partial charge on any atom is -0.494 e. The van der Waals surface area contributed by atoms with Gasteiger partial charge in [0.2, 0.25) is 5.95 Å². The molecule has 0 aliphatic carbocycles. The lowest BCUT2D eigenvalue weighted by atomic mass is 10.1. The van der Waals surface area contributed by atoms with Gasteiger partial charge in [0.15, 0.2) is 0 Å². The summed E-state index contributed by atoms with van der Waals surface area (Å²) in [5, 5.41) is 7.96. The first-order chi connectivity index (χ1) is 18.3. The van der Waals surface area contributed by atoms with Gasteiger partial charge in [0, 0.05) is 49.4 Å². The zero-order valence-electron chi connectivity index (χ0n) is 20.7. The number of methoxy groups -OCH3 is 1. The number of piperazine rings is 1. The number of halogens is 2. The summed E-state index contributed by atoms with van der Waals surface area (Å²) < 4.78 is 37.3. The Morgan fingerprint density at radius 1 is 1.13 bits per heavy atom. The predicted molar refractivity (Wildman–Crippen MR) is 150 cm³/mol. The van der Waals surface area contributed by atoms with Gasteiger partial charge in [0.1, 0.15) is 5.75 Å². The molecule has 5 rings (SSSR count). The third-order valence-corrected chi connectivity index (χ3v) is 8.05. The van der Waals surface area contributed by atoms with Crippen LogP contribution in [-0.4, -0.2) is 62.3 Å². The fraction of sp³-hybridized carbons (Fsp3) is 0.280. The van der Waals surface area contributed by atoms with Crippen LogP contribution in [0.3, 0.4) is 0 Å². The van der Waals surface area contributed by atoms with Crippen LogP contribution in [0.4, 0.5) is 17.3 Å². The van der Waals surface area contributed by atoms with Crippen molar-refractivity contribution in [2.24, 2.45) is 0 Å². The van der Waals surface area contributed by atoms with Crippen molar-refractivity contribution in [2.75, 3.05) is 50.1 Å². The fourth-order valence-corrected chi connectivity index (χ4v) is 5.95. The zero-order valence-corrected chi connectivity index (χ0v) is 23.1. The van der Waals surface area contributed by atoms with Crippen LogP contribution in [0.1, 0.15) is 6.92 Å². The lowest BCUT2D eigenvalue weighted by Gasteiger charge is -2.30. The third-order valence-electron chi connectivity index (χ3n) is 6.16. The number of para-hydroxylation sites is 1. The van der Waals surface area contributed by atoms with Crippen LogP contribution in [0.2, 0.25) is 10.0 Å². The second kappa shape index (κ2) is 11.0. The quantitative estimate of drug-likeness (QED) is 0.308. The van der Waals surface area contributed by atoms with E-state index in [1.807, 2.05) is 12.1 Å². The fourth-order valence-electron chi connectivity index (χ4n) is 4.42. The molecule has 2 aromatic heterocycles. The minimum absolute atomic E-state index is 0.00430. The lowest BCUT2D eigenvalue weighted by Crippen LogP contribution is -2.43. The van der Waals surface area contributed by atoms with Gasteiger partial charge in [-0.3, -0.25) is 4.18 Å². The average molecular weight is 577 g/mol. The first kappa shape index (κ1) is 26.5. The Labute approximate surface area is 230 Å². The Hall–Kier alpha value is -3.09. The maximum absolute atomic E-state index is 12.8. The number of nitrogens with zero attached hydrogens (tertiary/aromatic N) is 4. The monoisotopic (exact) mass is 576 g/mol. The molecule has 0 atom stereocenters. The van der Waals surface area contributed by atoms with E-state index in [9.17, 15) is 8.42 Å². The van der Waals surface area contributed by atoms with Crippen molar-refractivity contribution < 1.29 is 17.3 Å². The molecule has 3 heterocycles. The van der Waals surface area contributed by atoms with Crippen LogP contribution >= 0.6 is 23.2 Å². The molecule has 1 aliphatic rings. The van der Waals surface area contributed by atoms with Crippen molar-refractivity contribution in [1.82, 2.24) is 19.3 Å². The topological polar surface area (TPSA) is 111 Å². The Bertz CT molecular complexity index is 1590. The maximum Gasteiger partial charge on any atom is 0.366 e. The smallest absolute Gasteiger partial charge is 0.366 e. The molecule has 0 bridgehead atoms. The highest BCUT2D eigenvalue weighted by atomic mass is 35.5. The van der Waals surface area contributed by atoms with Crippen molar-refractivity contribution in [3.05, 3.63) is 58.8 Å². The second-order valence-electron chi connectivity index (χ2n) is 8.48. The number of anilines is 3. The van der Waals surface area contributed by atoms with Crippen molar-refractivity contribution in [3.8, 4) is 17.0 Å². The summed E-state index contributed by atoms with van der Waals surface area (Å²) in [5.74, 6) is 0.806. The molecule has 10 nitrogen and oxygen atoms in total. The Morgan fingerprint density at radius 3 is 2.63 bits per heavy atom. The van der Waals surface area contributed by atoms with Crippen LogP contribution in [0.5, 0.6) is 5.75 Å². The number of nitrogens with one attached hydrogen (secondary N) is 2. The Balaban J connectivity index is 1.54. The molecule has 0 amide bonds. The largest absolute Gasteiger partial charge is 0.494 e. The van der Waals surface area contributed by atoms with Gasteiger partial charge >= 0.3 is 10.3 Å². The van der Waals surface area contributed by atoms with Crippen LogP contribution < -0.4 is 20.3 Å².